The first-order valence-corrected chi connectivity index (χ1v) is 10.0. The van der Waals surface area contributed by atoms with Gasteiger partial charge in [0.2, 0.25) is 0 Å². The van der Waals surface area contributed by atoms with Gasteiger partial charge in [0.1, 0.15) is 0 Å². The Morgan fingerprint density at radius 3 is 2.81 bits per heavy atom. The van der Waals surface area contributed by atoms with Gasteiger partial charge in [0, 0.05) is 23.7 Å². The van der Waals surface area contributed by atoms with Crippen molar-refractivity contribution < 1.29 is 4.39 Å². The summed E-state index contributed by atoms with van der Waals surface area (Å²) in [5, 5.41) is 0. The van der Waals surface area contributed by atoms with Crippen LogP contribution in [0.15, 0.2) is 36.5 Å². The average Bonchev–Trinajstić information content (AvgIpc) is 3.03. The average molecular weight is 353 g/mol. The van der Waals surface area contributed by atoms with Gasteiger partial charge in [0.25, 0.3) is 0 Å². The van der Waals surface area contributed by atoms with Crippen LogP contribution in [-0.4, -0.2) is 41.2 Å². The third-order valence-corrected chi connectivity index (χ3v) is 6.04. The van der Waals surface area contributed by atoms with Crippen molar-refractivity contribution in [2.24, 2.45) is 0 Å². The number of hydrogen-bond donors (Lipinski definition) is 0. The Morgan fingerprint density at radius 2 is 1.96 bits per heavy atom. The Labute approximate surface area is 155 Å². The van der Waals surface area contributed by atoms with Gasteiger partial charge in [-0.1, -0.05) is 30.3 Å². The second-order valence-corrected chi connectivity index (χ2v) is 7.84. The van der Waals surface area contributed by atoms with E-state index in [1.54, 1.807) is 0 Å². The number of benzene rings is 1. The van der Waals surface area contributed by atoms with Crippen molar-refractivity contribution >= 4 is 0 Å². The predicted octanol–water partition coefficient (Wildman–Crippen LogP) is 4.56. The molecule has 4 heteroatoms. The SMILES string of the molecule is FCCCCCN1CCCC2(CCc3cnc(-c4ccccc4)nc32)C1. The van der Waals surface area contributed by atoms with Crippen LogP contribution in [0.5, 0.6) is 0 Å². The fourth-order valence-electron chi connectivity index (χ4n) is 4.69. The maximum Gasteiger partial charge on any atom is 0.159 e. The highest BCUT2D eigenvalue weighted by atomic mass is 19.1. The normalized spacial score (nSPS) is 22.7. The van der Waals surface area contributed by atoms with Gasteiger partial charge in [0.15, 0.2) is 5.82 Å². The molecular formula is C22H28FN3. The summed E-state index contributed by atoms with van der Waals surface area (Å²) in [5.41, 5.74) is 3.92. The number of piperidine rings is 1. The van der Waals surface area contributed by atoms with Crippen LogP contribution < -0.4 is 0 Å². The van der Waals surface area contributed by atoms with E-state index in [9.17, 15) is 4.39 Å². The summed E-state index contributed by atoms with van der Waals surface area (Å²) in [6, 6.07) is 10.3. The molecule has 1 saturated heterocycles. The summed E-state index contributed by atoms with van der Waals surface area (Å²) >= 11 is 0. The van der Waals surface area contributed by atoms with Crippen molar-refractivity contribution in [1.82, 2.24) is 14.9 Å². The molecule has 2 heterocycles. The molecule has 3 nitrogen and oxygen atoms in total. The number of alkyl halides is 1. The number of aryl methyl sites for hydroxylation is 1. The maximum absolute atomic E-state index is 12.3. The van der Waals surface area contributed by atoms with Crippen molar-refractivity contribution in [1.29, 1.82) is 0 Å². The molecule has 0 N–H and O–H groups in total. The highest BCUT2D eigenvalue weighted by Gasteiger charge is 2.43. The Morgan fingerprint density at radius 1 is 1.08 bits per heavy atom. The molecular weight excluding hydrogens is 325 g/mol. The zero-order valence-corrected chi connectivity index (χ0v) is 15.5. The minimum Gasteiger partial charge on any atom is -0.302 e. The number of aromatic nitrogens is 2. The third-order valence-electron chi connectivity index (χ3n) is 6.04. The first-order valence-electron chi connectivity index (χ1n) is 10.0. The second-order valence-electron chi connectivity index (χ2n) is 7.84. The van der Waals surface area contributed by atoms with E-state index in [1.165, 1.54) is 37.1 Å². The smallest absolute Gasteiger partial charge is 0.159 e. The van der Waals surface area contributed by atoms with Crippen LogP contribution in [-0.2, 0) is 11.8 Å². The summed E-state index contributed by atoms with van der Waals surface area (Å²) in [7, 11) is 0. The van der Waals surface area contributed by atoms with Gasteiger partial charge < -0.3 is 4.90 Å². The van der Waals surface area contributed by atoms with Crippen LogP contribution in [0, 0.1) is 0 Å². The molecule has 2 aliphatic rings. The van der Waals surface area contributed by atoms with Gasteiger partial charge >= 0.3 is 0 Å². The molecule has 1 unspecified atom stereocenters. The minimum atomic E-state index is -0.184. The summed E-state index contributed by atoms with van der Waals surface area (Å²) in [4.78, 5) is 12.3. The summed E-state index contributed by atoms with van der Waals surface area (Å²) < 4.78 is 12.3. The number of hydrogen-bond acceptors (Lipinski definition) is 3. The molecule has 0 amide bonds. The van der Waals surface area contributed by atoms with Gasteiger partial charge in [-0.2, -0.15) is 0 Å². The van der Waals surface area contributed by atoms with Crippen molar-refractivity contribution in [3.05, 3.63) is 47.8 Å². The van der Waals surface area contributed by atoms with Crippen molar-refractivity contribution in [3.63, 3.8) is 0 Å². The zero-order valence-electron chi connectivity index (χ0n) is 15.5. The molecule has 1 aromatic carbocycles. The van der Waals surface area contributed by atoms with E-state index in [-0.39, 0.29) is 12.1 Å². The van der Waals surface area contributed by atoms with Crippen LogP contribution in [0.25, 0.3) is 11.4 Å². The molecule has 138 valence electrons. The van der Waals surface area contributed by atoms with Crippen LogP contribution >= 0.6 is 0 Å². The lowest BCUT2D eigenvalue weighted by molar-refractivity contribution is 0.141. The number of rotatable bonds is 6. The highest BCUT2D eigenvalue weighted by molar-refractivity contribution is 5.55. The third kappa shape index (κ3) is 3.52. The molecule has 4 rings (SSSR count). The van der Waals surface area contributed by atoms with E-state index in [4.69, 9.17) is 4.98 Å². The van der Waals surface area contributed by atoms with E-state index in [2.05, 4.69) is 28.2 Å². The van der Waals surface area contributed by atoms with Crippen molar-refractivity contribution in [3.8, 4) is 11.4 Å². The van der Waals surface area contributed by atoms with Gasteiger partial charge in [-0.25, -0.2) is 9.97 Å². The lowest BCUT2D eigenvalue weighted by Gasteiger charge is -2.40. The van der Waals surface area contributed by atoms with Crippen LogP contribution in [0.2, 0.25) is 0 Å². The Balaban J connectivity index is 1.54. The highest BCUT2D eigenvalue weighted by Crippen LogP contribution is 2.44. The molecule has 0 saturated carbocycles. The minimum absolute atomic E-state index is 0.184. The maximum atomic E-state index is 12.3. The second kappa shape index (κ2) is 7.83. The van der Waals surface area contributed by atoms with Crippen LogP contribution in [0.1, 0.15) is 49.8 Å². The molecule has 1 spiro atoms. The molecule has 1 aromatic heterocycles. The largest absolute Gasteiger partial charge is 0.302 e. The fourth-order valence-corrected chi connectivity index (χ4v) is 4.69. The van der Waals surface area contributed by atoms with Crippen molar-refractivity contribution in [2.75, 3.05) is 26.3 Å². The fraction of sp³-hybridized carbons (Fsp3) is 0.545. The molecule has 1 atom stereocenters. The Kier molecular flexibility index (Phi) is 5.30. The van der Waals surface area contributed by atoms with Crippen LogP contribution in [0.3, 0.4) is 0 Å². The number of halogens is 1. The van der Waals surface area contributed by atoms with Gasteiger partial charge in [0.05, 0.1) is 12.4 Å². The lowest BCUT2D eigenvalue weighted by Crippen LogP contribution is -2.45. The molecule has 1 fully saturated rings. The molecule has 1 aliphatic carbocycles. The van der Waals surface area contributed by atoms with E-state index in [1.807, 2.05) is 18.2 Å². The van der Waals surface area contributed by atoms with E-state index < -0.39 is 0 Å². The monoisotopic (exact) mass is 353 g/mol. The molecule has 26 heavy (non-hydrogen) atoms. The van der Waals surface area contributed by atoms with Gasteiger partial charge in [-0.15, -0.1) is 0 Å². The standard InChI is InChI=1S/C22H28FN3/c23-13-5-2-6-14-26-15-7-11-22(17-26)12-10-19-16-24-21(25-20(19)22)18-8-3-1-4-9-18/h1,3-4,8-9,16H,2,5-7,10-15,17H2. The van der Waals surface area contributed by atoms with E-state index in [0.29, 0.717) is 6.42 Å². The predicted molar refractivity (Wildman–Crippen MR) is 103 cm³/mol. The summed E-state index contributed by atoms with van der Waals surface area (Å²) in [6.45, 7) is 3.18. The zero-order chi connectivity index (χ0) is 17.8. The summed E-state index contributed by atoms with van der Waals surface area (Å²) in [5.74, 6) is 0.852. The van der Waals surface area contributed by atoms with Gasteiger partial charge in [-0.05, 0) is 63.6 Å². The first kappa shape index (κ1) is 17.6. The first-order chi connectivity index (χ1) is 12.8. The van der Waals surface area contributed by atoms with Crippen molar-refractivity contribution in [2.45, 2.75) is 50.4 Å². The molecule has 2 aromatic rings. The Bertz CT molecular complexity index is 729. The molecule has 0 radical (unpaired) electrons. The number of fused-ring (bicyclic) bond motifs is 2. The summed E-state index contributed by atoms with van der Waals surface area (Å²) in [6.07, 6.45) is 9.60. The quantitative estimate of drug-likeness (QED) is 0.713. The molecule has 1 aliphatic heterocycles. The van der Waals surface area contributed by atoms with Crippen LogP contribution in [0.4, 0.5) is 4.39 Å². The lowest BCUT2D eigenvalue weighted by atomic mass is 9.77. The topological polar surface area (TPSA) is 29.0 Å². The number of likely N-dealkylation sites (tertiary alicyclic amines) is 1. The number of nitrogens with zero attached hydrogens (tertiary/aromatic N) is 3. The number of unbranched alkanes of at least 4 members (excludes halogenated alkanes) is 2. The Hall–Kier alpha value is -1.81. The van der Waals surface area contributed by atoms with Gasteiger partial charge in [-0.3, -0.25) is 4.39 Å². The molecule has 0 bridgehead atoms. The van der Waals surface area contributed by atoms with E-state index in [0.717, 1.165) is 43.7 Å². The van der Waals surface area contributed by atoms with E-state index >= 15 is 0 Å².